The molecule has 2 unspecified atom stereocenters. The summed E-state index contributed by atoms with van der Waals surface area (Å²) in [4.78, 5) is 53.4. The summed E-state index contributed by atoms with van der Waals surface area (Å²) < 4.78 is 0. The lowest BCUT2D eigenvalue weighted by Gasteiger charge is -2.38. The minimum absolute atomic E-state index is 0.0475. The lowest BCUT2D eigenvalue weighted by atomic mass is 10.0. The van der Waals surface area contributed by atoms with Crippen LogP contribution in [0.3, 0.4) is 0 Å². The molecule has 192 valence electrons. The number of aliphatic hydroxyl groups excluding tert-OH is 1. The molecule has 3 rings (SSSR count). The summed E-state index contributed by atoms with van der Waals surface area (Å²) in [6.07, 6.45) is 1.56. The third-order valence-electron chi connectivity index (χ3n) is 6.72. The lowest BCUT2D eigenvalue weighted by Crippen LogP contribution is -2.65. The molecule has 1 aromatic rings. The van der Waals surface area contributed by atoms with Crippen molar-refractivity contribution in [1.29, 1.82) is 0 Å². The van der Waals surface area contributed by atoms with Gasteiger partial charge in [-0.3, -0.25) is 9.59 Å². The van der Waals surface area contributed by atoms with Gasteiger partial charge in [0.15, 0.2) is 0 Å². The van der Waals surface area contributed by atoms with E-state index in [-0.39, 0.29) is 32.0 Å². The lowest BCUT2D eigenvalue weighted by molar-refractivity contribution is -0.142. The minimum Gasteiger partial charge on any atom is -0.480 e. The van der Waals surface area contributed by atoms with Crippen molar-refractivity contribution in [3.05, 3.63) is 35.9 Å². The number of carbonyl (C=O) groups is 4. The van der Waals surface area contributed by atoms with Gasteiger partial charge in [0.25, 0.3) is 5.91 Å². The Balaban J connectivity index is 1.78. The van der Waals surface area contributed by atoms with E-state index in [2.05, 4.69) is 10.6 Å². The first kappa shape index (κ1) is 26.4. The van der Waals surface area contributed by atoms with Gasteiger partial charge in [-0.15, -0.1) is 0 Å². The number of aliphatic hydroxyl groups is 1. The molecule has 11 nitrogen and oxygen atoms in total. The molecule has 0 saturated carbocycles. The number of rotatable bonds is 8. The Morgan fingerprint density at radius 1 is 1.14 bits per heavy atom. The zero-order valence-corrected chi connectivity index (χ0v) is 20.0. The van der Waals surface area contributed by atoms with Crippen LogP contribution in [0.2, 0.25) is 0 Å². The van der Waals surface area contributed by atoms with Crippen LogP contribution in [0.1, 0.15) is 44.6 Å². The fraction of sp³-hybridized carbons (Fsp3) is 0.583. The Bertz CT molecular complexity index is 928. The molecule has 2 aliphatic heterocycles. The van der Waals surface area contributed by atoms with Crippen LogP contribution in [0.5, 0.6) is 0 Å². The quantitative estimate of drug-likeness (QED) is 0.321. The Hall–Kier alpha value is -3.18. The summed E-state index contributed by atoms with van der Waals surface area (Å²) >= 11 is 0. The van der Waals surface area contributed by atoms with Crippen molar-refractivity contribution < 1.29 is 29.4 Å². The second kappa shape index (κ2) is 11.5. The third kappa shape index (κ3) is 6.49. The van der Waals surface area contributed by atoms with Crippen LogP contribution in [0.25, 0.3) is 0 Å². The summed E-state index contributed by atoms with van der Waals surface area (Å²) in [5, 5.41) is 25.6. The molecule has 11 heteroatoms. The molecule has 2 heterocycles. The van der Waals surface area contributed by atoms with Crippen LogP contribution in [0, 0.1) is 0 Å². The summed E-state index contributed by atoms with van der Waals surface area (Å²) in [7, 11) is 0. The largest absolute Gasteiger partial charge is 0.480 e. The van der Waals surface area contributed by atoms with Crippen molar-refractivity contribution >= 4 is 23.8 Å². The molecule has 0 aliphatic carbocycles. The van der Waals surface area contributed by atoms with Gasteiger partial charge in [0.2, 0.25) is 5.91 Å². The first-order valence-corrected chi connectivity index (χ1v) is 12.0. The first-order chi connectivity index (χ1) is 16.7. The zero-order chi connectivity index (χ0) is 25.6. The number of carboxylic acids is 1. The van der Waals surface area contributed by atoms with E-state index in [1.54, 1.807) is 4.90 Å². The molecule has 2 aliphatic rings. The average Bonchev–Trinajstić information content (AvgIpc) is 3.22. The molecule has 2 fully saturated rings. The van der Waals surface area contributed by atoms with Crippen LogP contribution < -0.4 is 16.4 Å². The van der Waals surface area contributed by atoms with E-state index in [1.807, 2.05) is 37.3 Å². The number of urea groups is 1. The molecule has 0 bridgehead atoms. The van der Waals surface area contributed by atoms with Crippen molar-refractivity contribution in [1.82, 2.24) is 20.4 Å². The molecule has 2 saturated heterocycles. The Labute approximate surface area is 204 Å². The van der Waals surface area contributed by atoms with Gasteiger partial charge in [-0.25, -0.2) is 9.59 Å². The normalized spacial score (nSPS) is 25.1. The van der Waals surface area contributed by atoms with Crippen molar-refractivity contribution in [2.75, 3.05) is 19.6 Å². The number of benzene rings is 1. The predicted molar refractivity (Wildman–Crippen MR) is 127 cm³/mol. The molecular formula is C24H35N5O6. The number of aliphatic carboxylic acids is 1. The summed E-state index contributed by atoms with van der Waals surface area (Å²) in [5.74, 6) is -2.62. The highest BCUT2D eigenvalue weighted by Crippen LogP contribution is 2.29. The van der Waals surface area contributed by atoms with Crippen molar-refractivity contribution in [3.8, 4) is 0 Å². The van der Waals surface area contributed by atoms with E-state index in [4.69, 9.17) is 5.73 Å². The first-order valence-electron chi connectivity index (χ1n) is 12.0. The van der Waals surface area contributed by atoms with Crippen LogP contribution in [0.4, 0.5) is 4.79 Å². The number of hydrogen-bond acceptors (Lipinski definition) is 6. The van der Waals surface area contributed by atoms with E-state index >= 15 is 0 Å². The summed E-state index contributed by atoms with van der Waals surface area (Å²) in [6, 6.07) is 7.59. The van der Waals surface area contributed by atoms with Gasteiger partial charge in [-0.1, -0.05) is 30.3 Å². The van der Waals surface area contributed by atoms with Crippen molar-refractivity contribution in [3.63, 3.8) is 0 Å². The predicted octanol–water partition coefficient (Wildman–Crippen LogP) is 0.0208. The van der Waals surface area contributed by atoms with Crippen molar-refractivity contribution in [2.24, 2.45) is 5.73 Å². The van der Waals surface area contributed by atoms with E-state index < -0.39 is 41.6 Å². The molecule has 0 radical (unpaired) electrons. The molecular weight excluding hydrogens is 454 g/mol. The summed E-state index contributed by atoms with van der Waals surface area (Å²) in [5.41, 5.74) is 4.83. The smallest absolute Gasteiger partial charge is 0.326 e. The van der Waals surface area contributed by atoms with Crippen LogP contribution in [-0.2, 0) is 20.8 Å². The Morgan fingerprint density at radius 2 is 1.86 bits per heavy atom. The second-order valence-electron chi connectivity index (χ2n) is 9.37. The number of hydrogen-bond donors (Lipinski definition) is 5. The van der Waals surface area contributed by atoms with Gasteiger partial charge in [0.1, 0.15) is 17.8 Å². The van der Waals surface area contributed by atoms with E-state index in [0.29, 0.717) is 13.0 Å². The highest BCUT2D eigenvalue weighted by molar-refractivity contribution is 5.87. The maximum Gasteiger partial charge on any atom is 0.326 e. The Morgan fingerprint density at radius 3 is 2.49 bits per heavy atom. The maximum absolute atomic E-state index is 13.3. The number of amides is 4. The number of piperidine rings is 1. The molecule has 6 N–H and O–H groups in total. The molecule has 4 amide bonds. The fourth-order valence-electron chi connectivity index (χ4n) is 4.80. The number of carboxylic acid groups (broad SMARTS) is 1. The standard InChI is InChI=1S/C24H35N5O6/c1-16-7-5-6-12-28(16)23(35)29-15-24(26-20(31)14-25,13-18(29)22(33)34)27-21(32)19(30)11-10-17-8-3-2-4-9-17/h2-4,8-9,16,18-19,30H,5-7,10-15,25H2,1H3,(H,26,31)(H,27,32)(H,33,34)/t16?,18-,19+,24?/m0/s1. The number of nitrogens with two attached hydrogens (primary N) is 1. The number of nitrogens with one attached hydrogen (secondary N) is 2. The third-order valence-corrected chi connectivity index (χ3v) is 6.72. The van der Waals surface area contributed by atoms with Gasteiger partial charge in [-0.05, 0) is 44.6 Å². The Kier molecular flexibility index (Phi) is 8.68. The fourth-order valence-corrected chi connectivity index (χ4v) is 4.80. The second-order valence-corrected chi connectivity index (χ2v) is 9.37. The SMILES string of the molecule is CC1CCCCN1C(=O)N1CC(NC(=O)CN)(NC(=O)[C@H](O)CCc2ccccc2)C[C@H]1C(=O)O. The van der Waals surface area contributed by atoms with Crippen LogP contribution >= 0.6 is 0 Å². The van der Waals surface area contributed by atoms with Gasteiger partial charge >= 0.3 is 12.0 Å². The molecule has 0 aromatic heterocycles. The van der Waals surface area contributed by atoms with Crippen LogP contribution in [-0.4, -0.2) is 87.3 Å². The molecule has 35 heavy (non-hydrogen) atoms. The van der Waals surface area contributed by atoms with Gasteiger partial charge in [0, 0.05) is 19.0 Å². The number of likely N-dealkylation sites (tertiary alicyclic amines) is 2. The van der Waals surface area contributed by atoms with Gasteiger partial charge in [-0.2, -0.15) is 0 Å². The minimum atomic E-state index is -1.57. The topological polar surface area (TPSA) is 165 Å². The molecule has 4 atom stereocenters. The van der Waals surface area contributed by atoms with E-state index in [9.17, 15) is 29.4 Å². The highest BCUT2D eigenvalue weighted by Gasteiger charge is 2.52. The number of aryl methyl sites for hydroxylation is 1. The average molecular weight is 490 g/mol. The van der Waals surface area contributed by atoms with Crippen molar-refractivity contribution in [2.45, 2.75) is 69.3 Å². The number of carbonyl (C=O) groups excluding carboxylic acids is 3. The summed E-state index contributed by atoms with van der Waals surface area (Å²) in [6.45, 7) is 1.78. The highest BCUT2D eigenvalue weighted by atomic mass is 16.4. The number of nitrogens with zero attached hydrogens (tertiary/aromatic N) is 2. The maximum atomic E-state index is 13.3. The van der Waals surface area contributed by atoms with E-state index in [0.717, 1.165) is 24.8 Å². The van der Waals surface area contributed by atoms with Gasteiger partial charge < -0.3 is 36.4 Å². The van der Waals surface area contributed by atoms with Gasteiger partial charge in [0.05, 0.1) is 13.1 Å². The zero-order valence-electron chi connectivity index (χ0n) is 20.0. The van der Waals surface area contributed by atoms with Crippen LogP contribution in [0.15, 0.2) is 30.3 Å². The molecule has 0 spiro atoms. The monoisotopic (exact) mass is 489 g/mol. The molecule has 1 aromatic carbocycles. The van der Waals surface area contributed by atoms with E-state index in [1.165, 1.54) is 4.90 Å².